The van der Waals surface area contributed by atoms with Gasteiger partial charge in [-0.1, -0.05) is 24.4 Å². The molecule has 1 N–H and O–H groups in total. The van der Waals surface area contributed by atoms with Crippen molar-refractivity contribution in [3.8, 4) is 0 Å². The number of rotatable bonds is 0. The van der Waals surface area contributed by atoms with E-state index in [1.165, 1.54) is 4.57 Å². The van der Waals surface area contributed by atoms with Crippen LogP contribution in [-0.2, 0) is 12.7 Å². The van der Waals surface area contributed by atoms with Crippen molar-refractivity contribution in [1.29, 1.82) is 0 Å². The molecule has 0 aromatic carbocycles. The Balaban J connectivity index is 2.59. The molecule has 80 valence electrons. The zero-order valence-electron chi connectivity index (χ0n) is 7.13. The van der Waals surface area contributed by atoms with Crippen molar-refractivity contribution in [2.75, 3.05) is 5.32 Å². The maximum atomic E-state index is 12.4. The summed E-state index contributed by atoms with van der Waals surface area (Å²) in [4.78, 5) is 3.82. The van der Waals surface area contributed by atoms with Crippen LogP contribution in [0.4, 0.5) is 19.1 Å². The Morgan fingerprint density at radius 3 is 2.67 bits per heavy atom. The lowest BCUT2D eigenvalue weighted by atomic mass is 10.4. The van der Waals surface area contributed by atoms with Gasteiger partial charge in [-0.2, -0.15) is 13.2 Å². The van der Waals surface area contributed by atoms with Crippen molar-refractivity contribution in [3.63, 3.8) is 0 Å². The number of fused-ring (bicyclic) bond motifs is 1. The zero-order valence-corrected chi connectivity index (χ0v) is 8.76. The van der Waals surface area contributed by atoms with Crippen LogP contribution in [-0.4, -0.2) is 14.5 Å². The quantitative estimate of drug-likeness (QED) is 0.717. The van der Waals surface area contributed by atoms with Crippen molar-refractivity contribution in [3.05, 3.63) is 16.4 Å². The molecule has 0 fully saturated rings. The molecule has 0 bridgehead atoms. The van der Waals surface area contributed by atoms with E-state index in [0.717, 1.165) is 6.07 Å². The van der Waals surface area contributed by atoms with Gasteiger partial charge in [0, 0.05) is 6.07 Å². The van der Waals surface area contributed by atoms with Gasteiger partial charge in [-0.25, -0.2) is 4.98 Å². The maximum Gasteiger partial charge on any atom is 0.433 e. The van der Waals surface area contributed by atoms with Gasteiger partial charge in [0.05, 0.1) is 6.54 Å². The third-order valence-electron chi connectivity index (χ3n) is 1.85. The first-order valence-electron chi connectivity index (χ1n) is 3.87. The first-order chi connectivity index (χ1) is 6.88. The third kappa shape index (κ3) is 1.86. The number of hydrogen-bond acceptors (Lipinski definition) is 3. The summed E-state index contributed by atoms with van der Waals surface area (Å²) in [5, 5.41) is 2.57. The molecule has 0 amide bonds. The van der Waals surface area contributed by atoms with E-state index in [4.69, 9.17) is 24.4 Å². The topological polar surface area (TPSA) is 29.9 Å². The highest BCUT2D eigenvalue weighted by molar-refractivity contribution is 7.80. The predicted molar refractivity (Wildman–Crippen MR) is 54.3 cm³/mol. The largest absolute Gasteiger partial charge is 0.433 e. The van der Waals surface area contributed by atoms with E-state index >= 15 is 0 Å². The number of nitrogens with one attached hydrogen (secondary N) is 1. The summed E-state index contributed by atoms with van der Waals surface area (Å²) in [5.41, 5.74) is -1.00. The van der Waals surface area contributed by atoms with Gasteiger partial charge in [-0.15, -0.1) is 0 Å². The molecular formula is C7H4F3N3S2. The second kappa shape index (κ2) is 3.24. The van der Waals surface area contributed by atoms with Crippen LogP contribution in [0.25, 0.3) is 0 Å². The molecule has 0 aliphatic carbocycles. The molecule has 2 heterocycles. The van der Waals surface area contributed by atoms with Gasteiger partial charge < -0.3 is 5.32 Å². The van der Waals surface area contributed by atoms with Gasteiger partial charge in [0.1, 0.15) is 9.63 Å². The Bertz CT molecular complexity index is 491. The van der Waals surface area contributed by atoms with Gasteiger partial charge in [-0.3, -0.25) is 4.57 Å². The predicted octanol–water partition coefficient (Wildman–Crippen LogP) is 2.38. The van der Waals surface area contributed by atoms with Crippen LogP contribution in [0.2, 0.25) is 0 Å². The number of halogens is 3. The molecule has 1 aliphatic heterocycles. The summed E-state index contributed by atoms with van der Waals surface area (Å²) in [5.74, 6) is 0.0554. The Hall–Kier alpha value is -1.02. The maximum absolute atomic E-state index is 12.4. The highest BCUT2D eigenvalue weighted by Gasteiger charge is 2.34. The summed E-state index contributed by atoms with van der Waals surface area (Å²) >= 11 is 9.63. The third-order valence-corrected chi connectivity index (χ3v) is 2.42. The van der Waals surface area contributed by atoms with Gasteiger partial charge in [0.25, 0.3) is 0 Å². The van der Waals surface area contributed by atoms with Gasteiger partial charge in [0.2, 0.25) is 5.95 Å². The smallest absolute Gasteiger partial charge is 0.318 e. The van der Waals surface area contributed by atoms with Crippen LogP contribution in [0.1, 0.15) is 5.69 Å². The molecule has 3 nitrogen and oxygen atoms in total. The van der Waals surface area contributed by atoms with E-state index in [-0.39, 0.29) is 17.1 Å². The lowest BCUT2D eigenvalue weighted by molar-refractivity contribution is -0.141. The number of aromatic nitrogens is 2. The molecule has 2 rings (SSSR count). The first-order valence-corrected chi connectivity index (χ1v) is 4.68. The molecule has 1 aliphatic rings. The molecule has 1 aromatic rings. The van der Waals surface area contributed by atoms with Crippen LogP contribution < -0.4 is 5.32 Å². The van der Waals surface area contributed by atoms with E-state index < -0.39 is 11.9 Å². The van der Waals surface area contributed by atoms with Crippen molar-refractivity contribution >= 4 is 35.4 Å². The fourth-order valence-electron chi connectivity index (χ4n) is 1.21. The standard InChI is InChI=1S/C7H4F3N3S2/c8-7(9,10)3-1-5(15)13-2-4(14)12-6(13)11-3/h1H,2H2,(H,11,12,14). The van der Waals surface area contributed by atoms with E-state index in [1.54, 1.807) is 0 Å². The fraction of sp³-hybridized carbons (Fsp3) is 0.286. The lowest BCUT2D eigenvalue weighted by Gasteiger charge is -2.08. The van der Waals surface area contributed by atoms with Crippen LogP contribution in [0.15, 0.2) is 6.07 Å². The van der Waals surface area contributed by atoms with Gasteiger partial charge >= 0.3 is 6.18 Å². The van der Waals surface area contributed by atoms with E-state index in [1.807, 2.05) is 0 Å². The monoisotopic (exact) mass is 251 g/mol. The highest BCUT2D eigenvalue weighted by atomic mass is 32.1. The number of thiocarbonyl (C=S) groups is 1. The number of alkyl halides is 3. The molecule has 0 atom stereocenters. The van der Waals surface area contributed by atoms with Gasteiger partial charge in [-0.05, 0) is 0 Å². The first kappa shape index (κ1) is 10.5. The summed E-state index contributed by atoms with van der Waals surface area (Å²) < 4.78 is 38.6. The highest BCUT2D eigenvalue weighted by Crippen LogP contribution is 2.29. The Morgan fingerprint density at radius 1 is 1.40 bits per heavy atom. The fourth-order valence-corrected chi connectivity index (χ4v) is 1.69. The molecule has 0 saturated heterocycles. The molecule has 0 radical (unpaired) electrons. The minimum atomic E-state index is -4.49. The Labute approximate surface area is 92.9 Å². The zero-order chi connectivity index (χ0) is 11.2. The van der Waals surface area contributed by atoms with E-state index in [2.05, 4.69) is 10.3 Å². The molecule has 0 saturated carbocycles. The second-order valence-electron chi connectivity index (χ2n) is 2.94. The molecule has 15 heavy (non-hydrogen) atoms. The second-order valence-corrected chi connectivity index (χ2v) is 3.85. The van der Waals surface area contributed by atoms with Gasteiger partial charge in [0.15, 0.2) is 5.69 Å². The average molecular weight is 251 g/mol. The van der Waals surface area contributed by atoms with E-state index in [0.29, 0.717) is 4.99 Å². The number of nitrogens with zero attached hydrogens (tertiary/aromatic N) is 2. The van der Waals surface area contributed by atoms with Crippen molar-refractivity contribution in [1.82, 2.24) is 9.55 Å². The van der Waals surface area contributed by atoms with E-state index in [9.17, 15) is 13.2 Å². The SMILES string of the molecule is FC(F)(F)c1cc(=S)n2c(n1)NC(=S)C2. The molecular weight excluding hydrogens is 247 g/mol. The Morgan fingerprint density at radius 2 is 2.07 bits per heavy atom. The summed E-state index contributed by atoms with van der Waals surface area (Å²) in [6.07, 6.45) is -4.49. The summed E-state index contributed by atoms with van der Waals surface area (Å²) in [6.45, 7) is 0.286. The van der Waals surface area contributed by atoms with Crippen molar-refractivity contribution < 1.29 is 13.2 Å². The van der Waals surface area contributed by atoms with Crippen LogP contribution >= 0.6 is 24.4 Å². The minimum absolute atomic E-state index is 0.0554. The summed E-state index contributed by atoms with van der Waals surface area (Å²) in [7, 11) is 0. The Kier molecular flexibility index (Phi) is 2.27. The average Bonchev–Trinajstić information content (AvgIpc) is 2.44. The number of anilines is 1. The van der Waals surface area contributed by atoms with Crippen LogP contribution in [0.5, 0.6) is 0 Å². The molecule has 8 heteroatoms. The molecule has 1 aromatic heterocycles. The lowest BCUT2D eigenvalue weighted by Crippen LogP contribution is -2.11. The van der Waals surface area contributed by atoms with Crippen molar-refractivity contribution in [2.24, 2.45) is 0 Å². The van der Waals surface area contributed by atoms with Crippen LogP contribution in [0.3, 0.4) is 0 Å². The molecule has 0 spiro atoms. The van der Waals surface area contributed by atoms with Crippen molar-refractivity contribution in [2.45, 2.75) is 12.7 Å². The minimum Gasteiger partial charge on any atom is -0.318 e. The number of hydrogen-bond donors (Lipinski definition) is 1. The summed E-state index contributed by atoms with van der Waals surface area (Å²) in [6, 6.07) is 0.828. The van der Waals surface area contributed by atoms with Crippen LogP contribution in [0, 0.1) is 4.64 Å². The normalized spacial score (nSPS) is 15.0. The molecule has 0 unspecified atom stereocenters.